The number of benzene rings is 1. The van der Waals surface area contributed by atoms with E-state index in [1.54, 1.807) is 11.8 Å². The molecule has 0 N–H and O–H groups in total. The Morgan fingerprint density at radius 1 is 1.57 bits per heavy atom. The van der Waals surface area contributed by atoms with E-state index in [1.807, 2.05) is 24.5 Å². The lowest BCUT2D eigenvalue weighted by atomic mass is 10.1. The minimum Gasteiger partial charge on any atom is -0.294 e. The van der Waals surface area contributed by atoms with Gasteiger partial charge < -0.3 is 0 Å². The third-order valence-electron chi connectivity index (χ3n) is 1.79. The van der Waals surface area contributed by atoms with Crippen LogP contribution in [0.2, 0.25) is 0 Å². The van der Waals surface area contributed by atoms with Crippen molar-refractivity contribution in [2.45, 2.75) is 11.3 Å². The molecule has 1 aromatic carbocycles. The standard InChI is InChI=1S/C10H10BrClOS/c1-14-10-6-7(11)2-3-8(10)9(13)4-5-12/h2-3,6H,4-5H2,1H3. The summed E-state index contributed by atoms with van der Waals surface area (Å²) in [7, 11) is 0. The Balaban J connectivity index is 3.01. The lowest BCUT2D eigenvalue weighted by Gasteiger charge is -2.05. The van der Waals surface area contributed by atoms with Gasteiger partial charge in [-0.1, -0.05) is 15.9 Å². The van der Waals surface area contributed by atoms with E-state index >= 15 is 0 Å². The molecule has 0 atom stereocenters. The molecule has 0 saturated carbocycles. The van der Waals surface area contributed by atoms with Crippen molar-refractivity contribution >= 4 is 45.1 Å². The van der Waals surface area contributed by atoms with Gasteiger partial charge in [0.25, 0.3) is 0 Å². The third kappa shape index (κ3) is 3.01. The van der Waals surface area contributed by atoms with Gasteiger partial charge in [0.2, 0.25) is 0 Å². The number of ketones is 1. The van der Waals surface area contributed by atoms with Crippen LogP contribution in [0.15, 0.2) is 27.6 Å². The van der Waals surface area contributed by atoms with Crippen LogP contribution in [0.4, 0.5) is 0 Å². The molecule has 0 fully saturated rings. The van der Waals surface area contributed by atoms with E-state index in [4.69, 9.17) is 11.6 Å². The maximum atomic E-state index is 11.6. The minimum absolute atomic E-state index is 0.108. The van der Waals surface area contributed by atoms with Crippen LogP contribution >= 0.6 is 39.3 Å². The monoisotopic (exact) mass is 292 g/mol. The van der Waals surface area contributed by atoms with E-state index < -0.39 is 0 Å². The van der Waals surface area contributed by atoms with Crippen LogP contribution in [0.3, 0.4) is 0 Å². The number of halogens is 2. The van der Waals surface area contributed by atoms with Gasteiger partial charge in [0, 0.05) is 27.2 Å². The molecule has 1 aromatic rings. The lowest BCUT2D eigenvalue weighted by Crippen LogP contribution is -2.01. The predicted molar refractivity (Wildman–Crippen MR) is 65.6 cm³/mol. The zero-order chi connectivity index (χ0) is 10.6. The first kappa shape index (κ1) is 12.1. The summed E-state index contributed by atoms with van der Waals surface area (Å²) < 4.78 is 0.990. The normalized spacial score (nSPS) is 10.2. The van der Waals surface area contributed by atoms with Crippen molar-refractivity contribution in [2.24, 2.45) is 0 Å². The van der Waals surface area contributed by atoms with Gasteiger partial charge in [-0.3, -0.25) is 4.79 Å². The summed E-state index contributed by atoms with van der Waals surface area (Å²) >= 11 is 10.5. The third-order valence-corrected chi connectivity index (χ3v) is 3.25. The van der Waals surface area contributed by atoms with E-state index in [0.29, 0.717) is 12.3 Å². The van der Waals surface area contributed by atoms with Crippen LogP contribution in [0.1, 0.15) is 16.8 Å². The van der Waals surface area contributed by atoms with Gasteiger partial charge in [-0.15, -0.1) is 23.4 Å². The fraction of sp³-hybridized carbons (Fsp3) is 0.300. The molecule has 0 aliphatic carbocycles. The summed E-state index contributed by atoms with van der Waals surface area (Å²) in [4.78, 5) is 12.6. The highest BCUT2D eigenvalue weighted by Crippen LogP contribution is 2.25. The van der Waals surface area contributed by atoms with Gasteiger partial charge in [0.15, 0.2) is 5.78 Å². The van der Waals surface area contributed by atoms with Gasteiger partial charge in [-0.05, 0) is 24.5 Å². The van der Waals surface area contributed by atoms with Crippen LogP contribution in [0, 0.1) is 0 Å². The predicted octanol–water partition coefficient (Wildman–Crippen LogP) is 3.98. The molecule has 0 amide bonds. The summed E-state index contributed by atoms with van der Waals surface area (Å²) in [5.41, 5.74) is 0.765. The summed E-state index contributed by atoms with van der Waals surface area (Å²) in [6.07, 6.45) is 2.36. The molecular weight excluding hydrogens is 284 g/mol. The van der Waals surface area contributed by atoms with Crippen molar-refractivity contribution < 1.29 is 4.79 Å². The second kappa shape index (κ2) is 5.79. The van der Waals surface area contributed by atoms with Crippen molar-refractivity contribution in [1.82, 2.24) is 0 Å². The van der Waals surface area contributed by atoms with Crippen molar-refractivity contribution in [3.63, 3.8) is 0 Å². The molecule has 0 radical (unpaired) electrons. The zero-order valence-electron chi connectivity index (χ0n) is 7.72. The van der Waals surface area contributed by atoms with Gasteiger partial charge in [-0.25, -0.2) is 0 Å². The number of alkyl halides is 1. The Morgan fingerprint density at radius 2 is 2.29 bits per heavy atom. The highest BCUT2D eigenvalue weighted by molar-refractivity contribution is 9.10. The fourth-order valence-corrected chi connectivity index (χ4v) is 2.45. The maximum Gasteiger partial charge on any atom is 0.165 e. The first-order valence-electron chi connectivity index (χ1n) is 4.11. The Kier molecular flexibility index (Phi) is 4.99. The highest BCUT2D eigenvalue weighted by atomic mass is 79.9. The number of carbonyl (C=O) groups excluding carboxylic acids is 1. The molecule has 0 spiro atoms. The maximum absolute atomic E-state index is 11.6. The number of carbonyl (C=O) groups is 1. The second-order valence-electron chi connectivity index (χ2n) is 2.71. The molecule has 14 heavy (non-hydrogen) atoms. The van der Waals surface area contributed by atoms with Gasteiger partial charge >= 0.3 is 0 Å². The molecule has 4 heteroatoms. The quantitative estimate of drug-likeness (QED) is 0.474. The van der Waals surface area contributed by atoms with Gasteiger partial charge in [0.1, 0.15) is 0 Å². The molecular formula is C10H10BrClOS. The summed E-state index contributed by atoms with van der Waals surface area (Å²) in [5, 5.41) is 0. The highest BCUT2D eigenvalue weighted by Gasteiger charge is 2.10. The van der Waals surface area contributed by atoms with E-state index in [1.165, 1.54) is 0 Å². The molecule has 0 aliphatic heterocycles. The largest absolute Gasteiger partial charge is 0.294 e. The van der Waals surface area contributed by atoms with Gasteiger partial charge in [0.05, 0.1) is 0 Å². The van der Waals surface area contributed by atoms with E-state index in [2.05, 4.69) is 15.9 Å². The number of rotatable bonds is 4. The minimum atomic E-state index is 0.108. The van der Waals surface area contributed by atoms with E-state index in [9.17, 15) is 4.79 Å². The summed E-state index contributed by atoms with van der Waals surface area (Å²) in [6.45, 7) is 0. The zero-order valence-corrected chi connectivity index (χ0v) is 10.9. The van der Waals surface area contributed by atoms with Crippen LogP contribution in [0.5, 0.6) is 0 Å². The fourth-order valence-electron chi connectivity index (χ4n) is 1.12. The van der Waals surface area contributed by atoms with E-state index in [-0.39, 0.29) is 5.78 Å². The second-order valence-corrected chi connectivity index (χ2v) is 4.85. The van der Waals surface area contributed by atoms with Crippen LogP contribution in [-0.4, -0.2) is 17.9 Å². The Morgan fingerprint density at radius 3 is 2.86 bits per heavy atom. The number of hydrogen-bond acceptors (Lipinski definition) is 2. The SMILES string of the molecule is CSc1cc(Br)ccc1C(=O)CCCl. The smallest absolute Gasteiger partial charge is 0.165 e. The number of thioether (sulfide) groups is 1. The molecule has 1 rings (SSSR count). The average molecular weight is 294 g/mol. The van der Waals surface area contributed by atoms with E-state index in [0.717, 1.165) is 14.9 Å². The number of Topliss-reactive ketones (excluding diaryl/α,β-unsaturated/α-hetero) is 1. The Bertz CT molecular complexity index is 341. The Hall–Kier alpha value is 0.01000. The van der Waals surface area contributed by atoms with Crippen molar-refractivity contribution in [2.75, 3.05) is 12.1 Å². The molecule has 0 bridgehead atoms. The average Bonchev–Trinajstić information content (AvgIpc) is 2.17. The van der Waals surface area contributed by atoms with Crippen molar-refractivity contribution in [3.8, 4) is 0 Å². The molecule has 0 unspecified atom stereocenters. The molecule has 0 saturated heterocycles. The Labute approximate surface area is 101 Å². The van der Waals surface area contributed by atoms with Gasteiger partial charge in [-0.2, -0.15) is 0 Å². The van der Waals surface area contributed by atoms with Crippen molar-refractivity contribution in [3.05, 3.63) is 28.2 Å². The molecule has 1 nitrogen and oxygen atoms in total. The van der Waals surface area contributed by atoms with Crippen molar-refractivity contribution in [1.29, 1.82) is 0 Å². The van der Waals surface area contributed by atoms with Crippen LogP contribution in [-0.2, 0) is 0 Å². The van der Waals surface area contributed by atoms with Crippen LogP contribution in [0.25, 0.3) is 0 Å². The lowest BCUT2D eigenvalue weighted by molar-refractivity contribution is 0.0986. The molecule has 0 aromatic heterocycles. The summed E-state index contributed by atoms with van der Waals surface area (Å²) in [6, 6.07) is 5.66. The van der Waals surface area contributed by atoms with Crippen LogP contribution < -0.4 is 0 Å². The summed E-state index contributed by atoms with van der Waals surface area (Å²) in [5.74, 6) is 0.486. The number of hydrogen-bond donors (Lipinski definition) is 0. The molecule has 0 heterocycles. The first-order chi connectivity index (χ1) is 6.69. The molecule has 76 valence electrons. The topological polar surface area (TPSA) is 17.1 Å². The molecule has 0 aliphatic rings. The first-order valence-corrected chi connectivity index (χ1v) is 6.67.